The molecule has 0 fully saturated rings. The zero-order valence-corrected chi connectivity index (χ0v) is 11.0. The lowest BCUT2D eigenvalue weighted by atomic mass is 10.3. The first-order chi connectivity index (χ1) is 8.91. The standard InChI is InChI=1S/C11H11ClFN5O/c1-17(7-4-3-6(13)5-15-7)11-8(12)9(10(14)19)16-18(11)2/h3-5H,1-2H3,(H2,14,19). The average Bonchev–Trinajstić information content (AvgIpc) is 2.65. The molecule has 100 valence electrons. The van der Waals surface area contributed by atoms with Crippen molar-refractivity contribution in [1.82, 2.24) is 14.8 Å². The van der Waals surface area contributed by atoms with Gasteiger partial charge in [-0.05, 0) is 12.1 Å². The molecule has 1 amide bonds. The van der Waals surface area contributed by atoms with E-state index < -0.39 is 11.7 Å². The molecule has 0 atom stereocenters. The van der Waals surface area contributed by atoms with Gasteiger partial charge in [0.1, 0.15) is 16.7 Å². The van der Waals surface area contributed by atoms with Crippen LogP contribution in [0.25, 0.3) is 0 Å². The lowest BCUT2D eigenvalue weighted by Crippen LogP contribution is -2.15. The van der Waals surface area contributed by atoms with E-state index in [1.54, 1.807) is 19.0 Å². The summed E-state index contributed by atoms with van der Waals surface area (Å²) >= 11 is 6.07. The predicted molar refractivity (Wildman–Crippen MR) is 69.0 cm³/mol. The van der Waals surface area contributed by atoms with Gasteiger partial charge in [-0.15, -0.1) is 0 Å². The Labute approximate surface area is 113 Å². The normalized spacial score (nSPS) is 10.5. The van der Waals surface area contributed by atoms with E-state index in [2.05, 4.69) is 10.1 Å². The molecule has 0 radical (unpaired) electrons. The minimum absolute atomic E-state index is 0.0203. The van der Waals surface area contributed by atoms with Crippen LogP contribution in [0.15, 0.2) is 18.3 Å². The molecule has 6 nitrogen and oxygen atoms in total. The molecule has 0 aliphatic rings. The highest BCUT2D eigenvalue weighted by molar-refractivity contribution is 6.36. The Balaban J connectivity index is 2.47. The quantitative estimate of drug-likeness (QED) is 0.925. The van der Waals surface area contributed by atoms with Crippen molar-refractivity contribution in [3.8, 4) is 0 Å². The fourth-order valence-electron chi connectivity index (χ4n) is 1.69. The van der Waals surface area contributed by atoms with Crippen molar-refractivity contribution in [3.05, 3.63) is 34.9 Å². The van der Waals surface area contributed by atoms with Crippen LogP contribution in [0.3, 0.4) is 0 Å². The van der Waals surface area contributed by atoms with Gasteiger partial charge < -0.3 is 10.6 Å². The van der Waals surface area contributed by atoms with Crippen molar-refractivity contribution in [2.45, 2.75) is 0 Å². The second-order valence-electron chi connectivity index (χ2n) is 3.87. The summed E-state index contributed by atoms with van der Waals surface area (Å²) in [5.41, 5.74) is 5.15. The SMILES string of the molecule is CN(c1ccc(F)cn1)c1c(Cl)c(C(N)=O)nn1C. The Morgan fingerprint density at radius 1 is 1.53 bits per heavy atom. The first kappa shape index (κ1) is 13.3. The van der Waals surface area contributed by atoms with Gasteiger partial charge in [0.2, 0.25) is 0 Å². The molecule has 8 heteroatoms. The summed E-state index contributed by atoms with van der Waals surface area (Å²) in [4.78, 5) is 16.7. The molecule has 0 aromatic carbocycles. The van der Waals surface area contributed by atoms with Gasteiger partial charge in [-0.1, -0.05) is 11.6 Å². The van der Waals surface area contributed by atoms with E-state index in [9.17, 15) is 9.18 Å². The van der Waals surface area contributed by atoms with E-state index in [-0.39, 0.29) is 10.7 Å². The second kappa shape index (κ2) is 4.85. The molecule has 0 saturated carbocycles. The first-order valence-electron chi connectivity index (χ1n) is 5.29. The molecule has 0 aliphatic carbocycles. The highest BCUT2D eigenvalue weighted by Gasteiger charge is 2.22. The number of primary amides is 1. The third-order valence-corrected chi connectivity index (χ3v) is 2.92. The van der Waals surface area contributed by atoms with Crippen LogP contribution in [-0.2, 0) is 7.05 Å². The van der Waals surface area contributed by atoms with Gasteiger partial charge in [-0.25, -0.2) is 9.37 Å². The molecule has 2 heterocycles. The lowest BCUT2D eigenvalue weighted by molar-refractivity contribution is 0.0995. The van der Waals surface area contributed by atoms with Gasteiger partial charge in [0.25, 0.3) is 5.91 Å². The van der Waals surface area contributed by atoms with Crippen molar-refractivity contribution >= 4 is 29.1 Å². The van der Waals surface area contributed by atoms with Crippen LogP contribution in [0.5, 0.6) is 0 Å². The Bertz CT molecular complexity index is 625. The fourth-order valence-corrected chi connectivity index (χ4v) is 2.07. The van der Waals surface area contributed by atoms with Crippen molar-refractivity contribution in [2.75, 3.05) is 11.9 Å². The van der Waals surface area contributed by atoms with Gasteiger partial charge in [-0.2, -0.15) is 5.10 Å². The zero-order chi connectivity index (χ0) is 14.2. The number of halogens is 2. The summed E-state index contributed by atoms with van der Waals surface area (Å²) in [5.74, 6) is -0.254. The van der Waals surface area contributed by atoms with Crippen LogP contribution in [0, 0.1) is 5.82 Å². The maximum absolute atomic E-state index is 12.8. The van der Waals surface area contributed by atoms with Gasteiger partial charge in [0.15, 0.2) is 11.5 Å². The molecule has 0 bridgehead atoms. The van der Waals surface area contributed by atoms with Crippen LogP contribution in [0.2, 0.25) is 5.02 Å². The summed E-state index contributed by atoms with van der Waals surface area (Å²) < 4.78 is 14.2. The van der Waals surface area contributed by atoms with Crippen LogP contribution >= 0.6 is 11.6 Å². The maximum atomic E-state index is 12.8. The van der Waals surface area contributed by atoms with Crippen molar-refractivity contribution in [3.63, 3.8) is 0 Å². The summed E-state index contributed by atoms with van der Waals surface area (Å²) in [6.45, 7) is 0. The zero-order valence-electron chi connectivity index (χ0n) is 10.3. The Morgan fingerprint density at radius 2 is 2.21 bits per heavy atom. The van der Waals surface area contributed by atoms with E-state index in [1.807, 2.05) is 0 Å². The number of carbonyl (C=O) groups is 1. The number of anilines is 2. The number of rotatable bonds is 3. The summed E-state index contributed by atoms with van der Waals surface area (Å²) in [6.07, 6.45) is 1.09. The highest BCUT2D eigenvalue weighted by Crippen LogP contribution is 2.31. The number of pyridine rings is 1. The smallest absolute Gasteiger partial charge is 0.270 e. The number of hydrogen-bond acceptors (Lipinski definition) is 4. The number of carbonyl (C=O) groups excluding carboxylic acids is 1. The van der Waals surface area contributed by atoms with E-state index in [0.29, 0.717) is 11.6 Å². The van der Waals surface area contributed by atoms with Gasteiger partial charge in [0.05, 0.1) is 6.20 Å². The summed E-state index contributed by atoms with van der Waals surface area (Å²) in [7, 11) is 3.29. The Hall–Kier alpha value is -2.15. The van der Waals surface area contributed by atoms with E-state index in [0.717, 1.165) is 6.20 Å². The number of nitrogens with two attached hydrogens (primary N) is 1. The largest absolute Gasteiger partial charge is 0.364 e. The lowest BCUT2D eigenvalue weighted by Gasteiger charge is -2.18. The van der Waals surface area contributed by atoms with E-state index in [1.165, 1.54) is 16.8 Å². The molecule has 0 spiro atoms. The second-order valence-corrected chi connectivity index (χ2v) is 4.25. The molecule has 2 N–H and O–H groups in total. The molecule has 0 aliphatic heterocycles. The highest BCUT2D eigenvalue weighted by atomic mass is 35.5. The van der Waals surface area contributed by atoms with Crippen molar-refractivity contribution in [1.29, 1.82) is 0 Å². The Kier molecular flexibility index (Phi) is 3.39. The molecular weight excluding hydrogens is 273 g/mol. The number of hydrogen-bond donors (Lipinski definition) is 1. The number of aromatic nitrogens is 3. The topological polar surface area (TPSA) is 77.0 Å². The summed E-state index contributed by atoms with van der Waals surface area (Å²) in [6, 6.07) is 2.76. The molecule has 0 unspecified atom stereocenters. The van der Waals surface area contributed by atoms with Crippen LogP contribution in [-0.4, -0.2) is 27.7 Å². The third kappa shape index (κ3) is 2.37. The molecular formula is C11H11ClFN5O. The van der Waals surface area contributed by atoms with Gasteiger partial charge >= 0.3 is 0 Å². The van der Waals surface area contributed by atoms with Crippen molar-refractivity contribution in [2.24, 2.45) is 12.8 Å². The molecule has 2 aromatic heterocycles. The number of amides is 1. The molecule has 0 saturated heterocycles. The van der Waals surface area contributed by atoms with E-state index in [4.69, 9.17) is 17.3 Å². The van der Waals surface area contributed by atoms with Gasteiger partial charge in [0, 0.05) is 14.1 Å². The maximum Gasteiger partial charge on any atom is 0.270 e. The minimum Gasteiger partial charge on any atom is -0.364 e. The predicted octanol–water partition coefficient (Wildman–Crippen LogP) is 1.47. The third-order valence-electron chi connectivity index (χ3n) is 2.57. The first-order valence-corrected chi connectivity index (χ1v) is 5.67. The van der Waals surface area contributed by atoms with E-state index >= 15 is 0 Å². The monoisotopic (exact) mass is 283 g/mol. The molecule has 2 aromatic rings. The molecule has 2 rings (SSSR count). The van der Waals surface area contributed by atoms with Crippen LogP contribution < -0.4 is 10.6 Å². The number of aryl methyl sites for hydroxylation is 1. The van der Waals surface area contributed by atoms with Gasteiger partial charge in [-0.3, -0.25) is 9.48 Å². The van der Waals surface area contributed by atoms with Crippen LogP contribution in [0.4, 0.5) is 16.0 Å². The summed E-state index contributed by atoms with van der Waals surface area (Å²) in [5, 5.41) is 4.07. The Morgan fingerprint density at radius 3 is 2.68 bits per heavy atom. The molecule has 19 heavy (non-hydrogen) atoms. The minimum atomic E-state index is -0.715. The van der Waals surface area contributed by atoms with Crippen molar-refractivity contribution < 1.29 is 9.18 Å². The fraction of sp³-hybridized carbons (Fsp3) is 0.182. The van der Waals surface area contributed by atoms with Crippen LogP contribution in [0.1, 0.15) is 10.5 Å². The number of nitrogens with zero attached hydrogens (tertiary/aromatic N) is 4. The average molecular weight is 284 g/mol.